The maximum Gasteiger partial charge on any atom is 0.216 e. The number of benzene rings is 1. The molecule has 9 heteroatoms. The molecule has 0 amide bonds. The number of nitrogens with zero attached hydrogens (tertiary/aromatic N) is 3. The monoisotopic (exact) mass is 426 g/mol. The van der Waals surface area contributed by atoms with Crippen molar-refractivity contribution in [1.82, 2.24) is 14.5 Å². The molecule has 1 aromatic rings. The van der Waals surface area contributed by atoms with E-state index in [1.165, 1.54) is 0 Å². The molecule has 164 valence electrons. The first-order valence-electron chi connectivity index (χ1n) is 10.00. The highest BCUT2D eigenvalue weighted by molar-refractivity contribution is 7.89. The second-order valence-electron chi connectivity index (χ2n) is 7.18. The number of hydrogen-bond donors (Lipinski definition) is 1. The number of ether oxygens (including phenoxy) is 2. The number of hydrogen-bond acceptors (Lipinski definition) is 5. The van der Waals surface area contributed by atoms with Gasteiger partial charge in [0.25, 0.3) is 0 Å². The van der Waals surface area contributed by atoms with Crippen LogP contribution in [0.3, 0.4) is 0 Å². The third kappa shape index (κ3) is 7.26. The number of sulfonamides is 1. The quantitative estimate of drug-likeness (QED) is 0.474. The van der Waals surface area contributed by atoms with E-state index in [1.807, 2.05) is 44.2 Å². The Balaban J connectivity index is 1.85. The normalized spacial score (nSPS) is 17.6. The SMILES string of the molecule is CN=C(NCC(OC)c1ccccc1)N1CCN(S(=O)(=O)CCOC(C)C)CC1. The van der Waals surface area contributed by atoms with E-state index >= 15 is 0 Å². The molecule has 1 saturated heterocycles. The number of rotatable bonds is 9. The van der Waals surface area contributed by atoms with Crippen LogP contribution in [0.15, 0.2) is 35.3 Å². The highest BCUT2D eigenvalue weighted by atomic mass is 32.2. The van der Waals surface area contributed by atoms with Crippen LogP contribution in [0.25, 0.3) is 0 Å². The van der Waals surface area contributed by atoms with Gasteiger partial charge in [-0.1, -0.05) is 30.3 Å². The van der Waals surface area contributed by atoms with Gasteiger partial charge in [-0.2, -0.15) is 4.31 Å². The lowest BCUT2D eigenvalue weighted by Gasteiger charge is -2.36. The van der Waals surface area contributed by atoms with Crippen molar-refractivity contribution in [3.8, 4) is 0 Å². The molecule has 1 aliphatic rings. The molecule has 0 aliphatic carbocycles. The molecular formula is C20H34N4O4S. The summed E-state index contributed by atoms with van der Waals surface area (Å²) in [5.41, 5.74) is 1.09. The average molecular weight is 427 g/mol. The minimum absolute atomic E-state index is 0.0186. The summed E-state index contributed by atoms with van der Waals surface area (Å²) in [7, 11) is 0.125. The number of piperazine rings is 1. The van der Waals surface area contributed by atoms with Gasteiger partial charge in [-0.25, -0.2) is 8.42 Å². The van der Waals surface area contributed by atoms with E-state index < -0.39 is 10.0 Å². The van der Waals surface area contributed by atoms with E-state index in [0.29, 0.717) is 32.7 Å². The molecule has 1 aliphatic heterocycles. The molecule has 1 atom stereocenters. The summed E-state index contributed by atoms with van der Waals surface area (Å²) in [5.74, 6) is 0.772. The van der Waals surface area contributed by atoms with Crippen molar-refractivity contribution in [2.45, 2.75) is 26.1 Å². The van der Waals surface area contributed by atoms with Gasteiger partial charge in [-0.15, -0.1) is 0 Å². The van der Waals surface area contributed by atoms with Crippen LogP contribution in [0.4, 0.5) is 0 Å². The summed E-state index contributed by atoms with van der Waals surface area (Å²) in [5, 5.41) is 3.35. The van der Waals surface area contributed by atoms with Gasteiger partial charge in [-0.3, -0.25) is 4.99 Å². The minimum atomic E-state index is -3.30. The number of guanidine groups is 1. The summed E-state index contributed by atoms with van der Waals surface area (Å²) < 4.78 is 37.5. The van der Waals surface area contributed by atoms with Crippen molar-refractivity contribution in [2.75, 3.05) is 59.2 Å². The molecule has 1 N–H and O–H groups in total. The number of nitrogens with one attached hydrogen (secondary N) is 1. The number of aliphatic imine (C=N–C) groups is 1. The summed E-state index contributed by atoms with van der Waals surface area (Å²) >= 11 is 0. The van der Waals surface area contributed by atoms with E-state index in [2.05, 4.69) is 15.2 Å². The van der Waals surface area contributed by atoms with Crippen LogP contribution in [-0.2, 0) is 19.5 Å². The van der Waals surface area contributed by atoms with Crippen molar-refractivity contribution in [2.24, 2.45) is 4.99 Å². The summed E-state index contributed by atoms with van der Waals surface area (Å²) in [6, 6.07) is 10.0. The molecule has 1 heterocycles. The van der Waals surface area contributed by atoms with Gasteiger partial charge >= 0.3 is 0 Å². The maximum absolute atomic E-state index is 12.5. The molecule has 1 aromatic carbocycles. The van der Waals surface area contributed by atoms with Gasteiger partial charge in [0.2, 0.25) is 10.0 Å². The van der Waals surface area contributed by atoms with Crippen LogP contribution in [0.1, 0.15) is 25.5 Å². The molecule has 1 unspecified atom stereocenters. The van der Waals surface area contributed by atoms with Crippen LogP contribution in [-0.4, -0.2) is 88.9 Å². The zero-order valence-electron chi connectivity index (χ0n) is 17.9. The standard InChI is InChI=1S/C20H34N4O4S/c1-17(2)28-14-15-29(25,26)24-12-10-23(11-13-24)20(21-3)22-16-19(27-4)18-8-6-5-7-9-18/h5-9,17,19H,10-16H2,1-4H3,(H,21,22). The van der Waals surface area contributed by atoms with Crippen LogP contribution in [0, 0.1) is 0 Å². The first-order valence-corrected chi connectivity index (χ1v) is 11.6. The second-order valence-corrected chi connectivity index (χ2v) is 9.27. The van der Waals surface area contributed by atoms with Crippen molar-refractivity contribution >= 4 is 16.0 Å². The smallest absolute Gasteiger partial charge is 0.216 e. The zero-order chi connectivity index (χ0) is 21.3. The Hall–Kier alpha value is -1.68. The van der Waals surface area contributed by atoms with E-state index in [0.717, 1.165) is 11.5 Å². The number of methoxy groups -OCH3 is 1. The van der Waals surface area contributed by atoms with Crippen LogP contribution in [0.2, 0.25) is 0 Å². The summed E-state index contributed by atoms with van der Waals surface area (Å²) in [6.07, 6.45) is -0.0566. The third-order valence-corrected chi connectivity index (χ3v) is 6.67. The fourth-order valence-electron chi connectivity index (χ4n) is 3.22. The van der Waals surface area contributed by atoms with Crippen molar-refractivity contribution in [1.29, 1.82) is 0 Å². The van der Waals surface area contributed by atoms with Gasteiger partial charge in [0.05, 0.1) is 24.6 Å². The molecule has 0 radical (unpaired) electrons. The van der Waals surface area contributed by atoms with E-state index in [1.54, 1.807) is 18.5 Å². The minimum Gasteiger partial charge on any atom is -0.378 e. The fourth-order valence-corrected chi connectivity index (χ4v) is 4.50. The van der Waals surface area contributed by atoms with E-state index in [4.69, 9.17) is 9.47 Å². The van der Waals surface area contributed by atoms with E-state index in [-0.39, 0.29) is 24.6 Å². The molecule has 0 bridgehead atoms. The molecule has 2 rings (SSSR count). The molecule has 8 nitrogen and oxygen atoms in total. The Kier molecular flexibility index (Phi) is 9.35. The molecule has 29 heavy (non-hydrogen) atoms. The summed E-state index contributed by atoms with van der Waals surface area (Å²) in [6.45, 7) is 6.67. The predicted octanol–water partition coefficient (Wildman–Crippen LogP) is 1.32. The first-order chi connectivity index (χ1) is 13.9. The van der Waals surface area contributed by atoms with Gasteiger partial charge in [0.15, 0.2) is 5.96 Å². The van der Waals surface area contributed by atoms with Crippen molar-refractivity contribution in [3.63, 3.8) is 0 Å². The van der Waals surface area contributed by atoms with Gasteiger partial charge < -0.3 is 19.7 Å². The van der Waals surface area contributed by atoms with Crippen molar-refractivity contribution < 1.29 is 17.9 Å². The Labute approximate surface area is 174 Å². The van der Waals surface area contributed by atoms with E-state index in [9.17, 15) is 8.42 Å². The lowest BCUT2D eigenvalue weighted by atomic mass is 10.1. The highest BCUT2D eigenvalue weighted by Gasteiger charge is 2.28. The topological polar surface area (TPSA) is 83.5 Å². The Morgan fingerprint density at radius 3 is 2.38 bits per heavy atom. The average Bonchev–Trinajstić information content (AvgIpc) is 2.72. The lowest BCUT2D eigenvalue weighted by molar-refractivity contribution is 0.0904. The largest absolute Gasteiger partial charge is 0.378 e. The van der Waals surface area contributed by atoms with Crippen molar-refractivity contribution in [3.05, 3.63) is 35.9 Å². The van der Waals surface area contributed by atoms with Crippen LogP contribution < -0.4 is 5.32 Å². The Bertz CT molecular complexity index is 732. The molecular weight excluding hydrogens is 392 g/mol. The van der Waals surface area contributed by atoms with Gasteiger partial charge in [-0.05, 0) is 19.4 Å². The highest BCUT2D eigenvalue weighted by Crippen LogP contribution is 2.15. The molecule has 1 fully saturated rings. The second kappa shape index (κ2) is 11.5. The maximum atomic E-state index is 12.5. The Morgan fingerprint density at radius 2 is 1.83 bits per heavy atom. The molecule has 0 spiro atoms. The van der Waals surface area contributed by atoms with Gasteiger partial charge in [0.1, 0.15) is 0 Å². The molecule has 0 aromatic heterocycles. The first kappa shape index (κ1) is 23.6. The third-order valence-electron chi connectivity index (χ3n) is 4.84. The van der Waals surface area contributed by atoms with Gasteiger partial charge in [0, 0.05) is 46.9 Å². The fraction of sp³-hybridized carbons (Fsp3) is 0.650. The zero-order valence-corrected chi connectivity index (χ0v) is 18.7. The molecule has 0 saturated carbocycles. The summed E-state index contributed by atoms with van der Waals surface area (Å²) in [4.78, 5) is 6.43. The predicted molar refractivity (Wildman–Crippen MR) is 116 cm³/mol. The Morgan fingerprint density at radius 1 is 1.17 bits per heavy atom. The van der Waals surface area contributed by atoms with Crippen LogP contribution in [0.5, 0.6) is 0 Å². The van der Waals surface area contributed by atoms with Crippen LogP contribution >= 0.6 is 0 Å². The lowest BCUT2D eigenvalue weighted by Crippen LogP contribution is -2.54.